The molecule has 3 aromatic carbocycles. The zero-order valence-corrected chi connectivity index (χ0v) is 20.7. The number of nitrogens with one attached hydrogen (secondary N) is 1. The zero-order valence-electron chi connectivity index (χ0n) is 16.9. The molecule has 0 unspecified atom stereocenters. The summed E-state index contributed by atoms with van der Waals surface area (Å²) in [5, 5.41) is 5.32. The Labute approximate surface area is 211 Å². The summed E-state index contributed by atoms with van der Waals surface area (Å²) in [5.74, 6) is -0.649. The molecular formula is C22H17Cl4N3O3S. The molecule has 0 aliphatic rings. The minimum atomic E-state index is -4.03. The molecule has 0 bridgehead atoms. The summed E-state index contributed by atoms with van der Waals surface area (Å²) in [6.07, 6.45) is 1.32. The molecule has 1 amide bonds. The number of hydrogen-bond donors (Lipinski definition) is 1. The Hall–Kier alpha value is -2.13. The van der Waals surface area contributed by atoms with Gasteiger partial charge in [0, 0.05) is 22.2 Å². The largest absolute Gasteiger partial charge is 0.272 e. The molecule has 172 valence electrons. The average Bonchev–Trinajstić information content (AvgIpc) is 2.76. The third-order valence-corrected chi connectivity index (χ3v) is 7.52. The van der Waals surface area contributed by atoms with Crippen molar-refractivity contribution in [3.8, 4) is 0 Å². The topological polar surface area (TPSA) is 78.8 Å². The lowest BCUT2D eigenvalue weighted by molar-refractivity contribution is -0.121. The average molecular weight is 545 g/mol. The maximum Gasteiger partial charge on any atom is 0.255 e. The quantitative estimate of drug-likeness (QED) is 0.294. The Bertz CT molecular complexity index is 1280. The van der Waals surface area contributed by atoms with Crippen LogP contribution >= 0.6 is 46.4 Å². The summed E-state index contributed by atoms with van der Waals surface area (Å²) in [7, 11) is -4.03. The summed E-state index contributed by atoms with van der Waals surface area (Å²) in [4.78, 5) is 12.5. The van der Waals surface area contributed by atoms with Gasteiger partial charge in [-0.2, -0.15) is 9.41 Å². The first-order valence-electron chi connectivity index (χ1n) is 9.43. The van der Waals surface area contributed by atoms with Crippen LogP contribution in [-0.4, -0.2) is 31.4 Å². The fraction of sp³-hybridized carbons (Fsp3) is 0.0909. The van der Waals surface area contributed by atoms with Crippen LogP contribution in [0.5, 0.6) is 0 Å². The summed E-state index contributed by atoms with van der Waals surface area (Å²) < 4.78 is 27.5. The van der Waals surface area contributed by atoms with E-state index in [2.05, 4.69) is 10.5 Å². The van der Waals surface area contributed by atoms with Crippen LogP contribution < -0.4 is 5.43 Å². The van der Waals surface area contributed by atoms with E-state index in [9.17, 15) is 13.2 Å². The minimum absolute atomic E-state index is 0.00376. The van der Waals surface area contributed by atoms with Crippen LogP contribution in [0.3, 0.4) is 0 Å². The number of hydrogen-bond acceptors (Lipinski definition) is 4. The van der Waals surface area contributed by atoms with Gasteiger partial charge in [-0.05, 0) is 48.0 Å². The van der Waals surface area contributed by atoms with Gasteiger partial charge in [-0.3, -0.25) is 4.79 Å². The van der Waals surface area contributed by atoms with E-state index in [1.165, 1.54) is 30.5 Å². The van der Waals surface area contributed by atoms with E-state index < -0.39 is 22.5 Å². The van der Waals surface area contributed by atoms with Crippen LogP contribution in [0.2, 0.25) is 20.1 Å². The number of carbonyl (C=O) groups is 1. The maximum atomic E-state index is 13.2. The Morgan fingerprint density at radius 3 is 2.33 bits per heavy atom. The zero-order chi connectivity index (χ0) is 24.0. The first-order valence-corrected chi connectivity index (χ1v) is 12.4. The van der Waals surface area contributed by atoms with Crippen molar-refractivity contribution in [3.63, 3.8) is 0 Å². The van der Waals surface area contributed by atoms with E-state index >= 15 is 0 Å². The predicted octanol–water partition coefficient (Wildman–Crippen LogP) is 5.64. The first-order chi connectivity index (χ1) is 15.7. The molecule has 11 heteroatoms. The van der Waals surface area contributed by atoms with E-state index in [0.29, 0.717) is 26.2 Å². The van der Waals surface area contributed by atoms with Gasteiger partial charge in [-0.25, -0.2) is 13.8 Å². The summed E-state index contributed by atoms with van der Waals surface area (Å²) in [6, 6.07) is 17.4. The number of hydrazone groups is 1. The lowest BCUT2D eigenvalue weighted by Gasteiger charge is -2.21. The number of amides is 1. The molecule has 0 aromatic heterocycles. The molecule has 0 aliphatic carbocycles. The molecule has 1 N–H and O–H groups in total. The highest BCUT2D eigenvalue weighted by Crippen LogP contribution is 2.24. The molecule has 0 atom stereocenters. The molecule has 6 nitrogen and oxygen atoms in total. The van der Waals surface area contributed by atoms with Gasteiger partial charge in [-0.1, -0.05) is 70.7 Å². The molecule has 0 fully saturated rings. The Kier molecular flexibility index (Phi) is 8.75. The first kappa shape index (κ1) is 25.5. The summed E-state index contributed by atoms with van der Waals surface area (Å²) in [6.45, 7) is -0.569. The van der Waals surface area contributed by atoms with Gasteiger partial charge in [0.25, 0.3) is 5.91 Å². The molecule has 0 spiro atoms. The second-order valence-electron chi connectivity index (χ2n) is 6.79. The third kappa shape index (κ3) is 6.93. The fourth-order valence-electron chi connectivity index (χ4n) is 2.81. The normalized spacial score (nSPS) is 11.8. The van der Waals surface area contributed by atoms with Crippen LogP contribution in [-0.2, 0) is 21.4 Å². The van der Waals surface area contributed by atoms with E-state index in [1.807, 2.05) is 0 Å². The smallest absolute Gasteiger partial charge is 0.255 e. The molecule has 0 aliphatic heterocycles. The van der Waals surface area contributed by atoms with Gasteiger partial charge in [0.2, 0.25) is 10.0 Å². The molecule has 0 saturated heterocycles. The van der Waals surface area contributed by atoms with Gasteiger partial charge in [-0.15, -0.1) is 0 Å². The molecular weight excluding hydrogens is 528 g/mol. The van der Waals surface area contributed by atoms with E-state index in [1.54, 1.807) is 42.5 Å². The third-order valence-electron chi connectivity index (χ3n) is 4.39. The van der Waals surface area contributed by atoms with Gasteiger partial charge < -0.3 is 0 Å². The van der Waals surface area contributed by atoms with Crippen molar-refractivity contribution in [3.05, 3.63) is 97.9 Å². The Morgan fingerprint density at radius 2 is 1.64 bits per heavy atom. The standard InChI is InChI=1S/C22H17Cl4N3O3S/c23-17-7-9-19(10-8-17)33(31,32)29(13-15-3-1-5-18(24)11-15)14-21(30)28-27-12-16-4-2-6-20(25)22(16)26/h1-12H,13-14H2,(H,28,30)/b27-12-. The predicted molar refractivity (Wildman–Crippen MR) is 133 cm³/mol. The van der Waals surface area contributed by atoms with Crippen LogP contribution in [0.1, 0.15) is 11.1 Å². The van der Waals surface area contributed by atoms with E-state index in [4.69, 9.17) is 46.4 Å². The van der Waals surface area contributed by atoms with Gasteiger partial charge in [0.15, 0.2) is 0 Å². The van der Waals surface area contributed by atoms with Crippen molar-refractivity contribution < 1.29 is 13.2 Å². The van der Waals surface area contributed by atoms with Crippen LogP contribution in [0, 0.1) is 0 Å². The van der Waals surface area contributed by atoms with E-state index in [-0.39, 0.29) is 16.5 Å². The second kappa shape index (κ2) is 11.3. The highest BCUT2D eigenvalue weighted by Gasteiger charge is 2.27. The maximum absolute atomic E-state index is 13.2. The Morgan fingerprint density at radius 1 is 0.939 bits per heavy atom. The van der Waals surface area contributed by atoms with Crippen molar-refractivity contribution in [1.82, 2.24) is 9.73 Å². The Balaban J connectivity index is 1.81. The molecule has 33 heavy (non-hydrogen) atoms. The minimum Gasteiger partial charge on any atom is -0.272 e. The molecule has 3 rings (SSSR count). The lowest BCUT2D eigenvalue weighted by atomic mass is 10.2. The summed E-state index contributed by atoms with van der Waals surface area (Å²) >= 11 is 24.0. The van der Waals surface area contributed by atoms with Gasteiger partial charge >= 0.3 is 0 Å². The molecule has 0 saturated carbocycles. The van der Waals surface area contributed by atoms with Crippen molar-refractivity contribution in [1.29, 1.82) is 0 Å². The second-order valence-corrected chi connectivity index (χ2v) is 10.4. The highest BCUT2D eigenvalue weighted by atomic mass is 35.5. The van der Waals surface area contributed by atoms with Crippen LogP contribution in [0.4, 0.5) is 0 Å². The number of nitrogens with zero attached hydrogens (tertiary/aromatic N) is 2. The highest BCUT2D eigenvalue weighted by molar-refractivity contribution is 7.89. The van der Waals surface area contributed by atoms with Gasteiger partial charge in [0.1, 0.15) is 0 Å². The van der Waals surface area contributed by atoms with Crippen molar-refractivity contribution >= 4 is 68.5 Å². The number of carbonyl (C=O) groups excluding carboxylic acids is 1. The summed E-state index contributed by atoms with van der Waals surface area (Å²) in [5.41, 5.74) is 3.42. The number of sulfonamides is 1. The molecule has 3 aromatic rings. The molecule has 0 heterocycles. The van der Waals surface area contributed by atoms with Crippen molar-refractivity contribution in [2.45, 2.75) is 11.4 Å². The van der Waals surface area contributed by atoms with Crippen molar-refractivity contribution in [2.75, 3.05) is 6.54 Å². The monoisotopic (exact) mass is 543 g/mol. The van der Waals surface area contributed by atoms with Gasteiger partial charge in [0.05, 0.1) is 27.7 Å². The number of rotatable bonds is 8. The van der Waals surface area contributed by atoms with Crippen LogP contribution in [0.25, 0.3) is 0 Å². The number of halogens is 4. The fourth-order valence-corrected chi connectivity index (χ4v) is 4.89. The van der Waals surface area contributed by atoms with Crippen molar-refractivity contribution in [2.24, 2.45) is 5.10 Å². The molecule has 0 radical (unpaired) electrons. The lowest BCUT2D eigenvalue weighted by Crippen LogP contribution is -2.39. The number of benzene rings is 3. The van der Waals surface area contributed by atoms with Crippen LogP contribution in [0.15, 0.2) is 76.7 Å². The van der Waals surface area contributed by atoms with E-state index in [0.717, 1.165) is 4.31 Å². The SMILES string of the molecule is O=C(CN(Cc1cccc(Cl)c1)S(=O)(=O)c1ccc(Cl)cc1)N/N=C\c1cccc(Cl)c1Cl.